The molecule has 0 spiro atoms. The summed E-state index contributed by atoms with van der Waals surface area (Å²) in [5, 5.41) is 18.4. The van der Waals surface area contributed by atoms with E-state index < -0.39 is 0 Å². The van der Waals surface area contributed by atoms with Crippen molar-refractivity contribution in [2.75, 3.05) is 4.90 Å². The Kier molecular flexibility index (Phi) is 4.05. The van der Waals surface area contributed by atoms with Crippen molar-refractivity contribution in [2.45, 2.75) is 0 Å². The lowest BCUT2D eigenvalue weighted by Gasteiger charge is -2.25. The monoisotopic (exact) mass is 295 g/mol. The van der Waals surface area contributed by atoms with Crippen LogP contribution in [0.25, 0.3) is 0 Å². The Labute approximate surface area is 135 Å². The van der Waals surface area contributed by atoms with Gasteiger partial charge in [-0.2, -0.15) is 10.5 Å². The third kappa shape index (κ3) is 2.90. The lowest BCUT2D eigenvalue weighted by molar-refractivity contribution is 1.27. The van der Waals surface area contributed by atoms with Gasteiger partial charge < -0.3 is 4.90 Å². The first-order valence-electron chi connectivity index (χ1n) is 7.18. The Morgan fingerprint density at radius 3 is 1.57 bits per heavy atom. The molecule has 0 amide bonds. The average molecular weight is 295 g/mol. The molecule has 0 N–H and O–H groups in total. The van der Waals surface area contributed by atoms with Gasteiger partial charge in [0.05, 0.1) is 11.1 Å². The maximum atomic E-state index is 9.28. The summed E-state index contributed by atoms with van der Waals surface area (Å²) in [5.74, 6) is 0. The molecule has 0 saturated heterocycles. The number of benzene rings is 3. The van der Waals surface area contributed by atoms with Crippen LogP contribution in [0.4, 0.5) is 17.1 Å². The summed E-state index contributed by atoms with van der Waals surface area (Å²) in [6.07, 6.45) is 0. The molecule has 23 heavy (non-hydrogen) atoms. The fourth-order valence-electron chi connectivity index (χ4n) is 2.46. The molecule has 0 aliphatic rings. The Bertz CT molecular complexity index is 848. The number of anilines is 3. The van der Waals surface area contributed by atoms with E-state index in [9.17, 15) is 5.26 Å². The van der Waals surface area contributed by atoms with Crippen LogP contribution in [0.5, 0.6) is 0 Å². The molecular weight excluding hydrogens is 282 g/mol. The van der Waals surface area contributed by atoms with Crippen molar-refractivity contribution in [1.29, 1.82) is 10.5 Å². The van der Waals surface area contributed by atoms with Crippen molar-refractivity contribution in [2.24, 2.45) is 0 Å². The van der Waals surface area contributed by atoms with Crippen LogP contribution < -0.4 is 4.90 Å². The molecule has 3 nitrogen and oxygen atoms in total. The molecule has 0 fully saturated rings. The molecule has 0 aliphatic heterocycles. The molecule has 3 rings (SSSR count). The molecule has 0 radical (unpaired) electrons. The predicted molar refractivity (Wildman–Crippen MR) is 90.6 cm³/mol. The van der Waals surface area contributed by atoms with Crippen molar-refractivity contribution in [3.05, 3.63) is 90.0 Å². The van der Waals surface area contributed by atoms with E-state index in [-0.39, 0.29) is 0 Å². The van der Waals surface area contributed by atoms with Crippen LogP contribution >= 0.6 is 0 Å². The Balaban J connectivity index is 2.18. The van der Waals surface area contributed by atoms with E-state index in [1.807, 2.05) is 66.7 Å². The van der Waals surface area contributed by atoms with Crippen molar-refractivity contribution in [3.8, 4) is 12.1 Å². The molecule has 0 aromatic heterocycles. The van der Waals surface area contributed by atoms with Gasteiger partial charge in [-0.3, -0.25) is 0 Å². The minimum absolute atomic E-state index is 0.377. The molecule has 0 saturated carbocycles. The molecule has 3 aromatic carbocycles. The molecule has 0 atom stereocenters. The normalized spacial score (nSPS) is 9.65. The van der Waals surface area contributed by atoms with Crippen molar-refractivity contribution >= 4 is 17.1 Å². The molecule has 0 bridgehead atoms. The average Bonchev–Trinajstić information content (AvgIpc) is 2.63. The third-order valence-corrected chi connectivity index (χ3v) is 3.53. The van der Waals surface area contributed by atoms with Crippen LogP contribution in [0.2, 0.25) is 0 Å². The summed E-state index contributed by atoms with van der Waals surface area (Å²) in [6.45, 7) is 0. The first kappa shape index (κ1) is 14.4. The maximum Gasteiger partial charge on any atom is 0.101 e. The van der Waals surface area contributed by atoms with E-state index in [1.54, 1.807) is 12.1 Å². The number of nitriles is 2. The summed E-state index contributed by atoms with van der Waals surface area (Å²) in [7, 11) is 0. The second-order valence-corrected chi connectivity index (χ2v) is 4.96. The standard InChI is InChI=1S/C20H13N3/c21-14-16-11-12-20(13-17(16)15-22)23(18-7-3-1-4-8-18)19-9-5-2-6-10-19/h1-13H. The van der Waals surface area contributed by atoms with Gasteiger partial charge in [0.15, 0.2) is 0 Å². The quantitative estimate of drug-likeness (QED) is 0.690. The van der Waals surface area contributed by atoms with Gasteiger partial charge in [-0.1, -0.05) is 36.4 Å². The second-order valence-electron chi connectivity index (χ2n) is 4.96. The highest BCUT2D eigenvalue weighted by Gasteiger charge is 2.13. The van der Waals surface area contributed by atoms with E-state index >= 15 is 0 Å². The maximum absolute atomic E-state index is 9.28. The van der Waals surface area contributed by atoms with Gasteiger partial charge >= 0.3 is 0 Å². The molecule has 0 aliphatic carbocycles. The largest absolute Gasteiger partial charge is 0.310 e. The Morgan fingerprint density at radius 2 is 1.09 bits per heavy atom. The number of hydrogen-bond donors (Lipinski definition) is 0. The van der Waals surface area contributed by atoms with E-state index in [0.29, 0.717) is 11.1 Å². The lowest BCUT2D eigenvalue weighted by atomic mass is 10.1. The van der Waals surface area contributed by atoms with Gasteiger partial charge in [-0.25, -0.2) is 0 Å². The molecule has 108 valence electrons. The highest BCUT2D eigenvalue weighted by molar-refractivity contribution is 5.77. The van der Waals surface area contributed by atoms with E-state index in [2.05, 4.69) is 17.0 Å². The van der Waals surface area contributed by atoms with Gasteiger partial charge in [-0.15, -0.1) is 0 Å². The summed E-state index contributed by atoms with van der Waals surface area (Å²) in [4.78, 5) is 2.06. The van der Waals surface area contributed by atoms with Crippen LogP contribution in [0, 0.1) is 22.7 Å². The molecule has 3 heteroatoms. The number of nitrogens with zero attached hydrogens (tertiary/aromatic N) is 3. The fourth-order valence-corrected chi connectivity index (χ4v) is 2.46. The summed E-state index contributed by atoms with van der Waals surface area (Å²) in [6, 6.07) is 29.3. The smallest absolute Gasteiger partial charge is 0.101 e. The predicted octanol–water partition coefficient (Wildman–Crippen LogP) is 4.90. The first-order valence-corrected chi connectivity index (χ1v) is 7.18. The number of para-hydroxylation sites is 2. The Hall–Kier alpha value is -3.56. The van der Waals surface area contributed by atoms with E-state index in [0.717, 1.165) is 17.1 Å². The zero-order valence-electron chi connectivity index (χ0n) is 12.3. The SMILES string of the molecule is N#Cc1ccc(N(c2ccccc2)c2ccccc2)cc1C#N. The van der Waals surface area contributed by atoms with Crippen molar-refractivity contribution < 1.29 is 0 Å². The van der Waals surface area contributed by atoms with Gasteiger partial charge in [0, 0.05) is 17.1 Å². The topological polar surface area (TPSA) is 50.8 Å². The van der Waals surface area contributed by atoms with Crippen LogP contribution in [-0.2, 0) is 0 Å². The van der Waals surface area contributed by atoms with Crippen LogP contribution in [-0.4, -0.2) is 0 Å². The highest BCUT2D eigenvalue weighted by Crippen LogP contribution is 2.34. The van der Waals surface area contributed by atoms with Crippen LogP contribution in [0.3, 0.4) is 0 Å². The van der Waals surface area contributed by atoms with Crippen LogP contribution in [0.1, 0.15) is 11.1 Å². The van der Waals surface area contributed by atoms with Gasteiger partial charge in [0.1, 0.15) is 12.1 Å². The van der Waals surface area contributed by atoms with Crippen LogP contribution in [0.15, 0.2) is 78.9 Å². The number of rotatable bonds is 3. The summed E-state index contributed by atoms with van der Waals surface area (Å²) < 4.78 is 0. The zero-order valence-corrected chi connectivity index (χ0v) is 12.3. The van der Waals surface area contributed by atoms with Gasteiger partial charge in [-0.05, 0) is 42.5 Å². The zero-order chi connectivity index (χ0) is 16.1. The minimum Gasteiger partial charge on any atom is -0.310 e. The third-order valence-electron chi connectivity index (χ3n) is 3.53. The molecular formula is C20H13N3. The Morgan fingerprint density at radius 1 is 0.565 bits per heavy atom. The highest BCUT2D eigenvalue weighted by atomic mass is 15.1. The minimum atomic E-state index is 0.377. The summed E-state index contributed by atoms with van der Waals surface area (Å²) in [5.41, 5.74) is 3.59. The van der Waals surface area contributed by atoms with Crippen molar-refractivity contribution in [3.63, 3.8) is 0 Å². The van der Waals surface area contributed by atoms with Gasteiger partial charge in [0.2, 0.25) is 0 Å². The molecule has 0 unspecified atom stereocenters. The second kappa shape index (κ2) is 6.47. The molecule has 3 aromatic rings. The number of hydrogen-bond acceptors (Lipinski definition) is 3. The fraction of sp³-hybridized carbons (Fsp3) is 0. The van der Waals surface area contributed by atoms with Crippen molar-refractivity contribution in [1.82, 2.24) is 0 Å². The van der Waals surface area contributed by atoms with Gasteiger partial charge in [0.25, 0.3) is 0 Å². The van der Waals surface area contributed by atoms with E-state index in [4.69, 9.17) is 5.26 Å². The molecule has 0 heterocycles. The lowest BCUT2D eigenvalue weighted by Crippen LogP contribution is -2.10. The first-order chi connectivity index (χ1) is 11.3. The van der Waals surface area contributed by atoms with E-state index in [1.165, 1.54) is 0 Å². The summed E-state index contributed by atoms with van der Waals surface area (Å²) >= 11 is 0.